The van der Waals surface area contributed by atoms with Gasteiger partial charge in [0.15, 0.2) is 0 Å². The molecule has 4 rings (SSSR count). The molecule has 0 bridgehead atoms. The van der Waals surface area contributed by atoms with Gasteiger partial charge in [-0.1, -0.05) is 36.4 Å². The zero-order valence-electron chi connectivity index (χ0n) is 19.0. The first-order chi connectivity index (χ1) is 15.6. The highest BCUT2D eigenvalue weighted by Crippen LogP contribution is 2.49. The van der Waals surface area contributed by atoms with Crippen molar-refractivity contribution in [1.29, 1.82) is 5.26 Å². The Kier molecular flexibility index (Phi) is 7.15. The summed E-state index contributed by atoms with van der Waals surface area (Å²) in [5.74, 6) is 0.683. The molecule has 1 N–H and O–H groups in total. The van der Waals surface area contributed by atoms with E-state index in [1.165, 1.54) is 5.56 Å². The SMILES string of the molecule is CCOC1CC(c2ccccc2)OC2(CCC(C(O)c3ccc(OC)c(C#N)c3)CC2)C1. The van der Waals surface area contributed by atoms with Crippen LogP contribution < -0.4 is 4.74 Å². The molecule has 0 radical (unpaired) electrons. The molecule has 2 aromatic rings. The van der Waals surface area contributed by atoms with Gasteiger partial charge >= 0.3 is 0 Å². The zero-order valence-corrected chi connectivity index (χ0v) is 19.0. The molecule has 32 heavy (non-hydrogen) atoms. The number of nitrogens with zero attached hydrogens (tertiary/aromatic N) is 1. The Bertz CT molecular complexity index is 930. The Morgan fingerprint density at radius 3 is 2.59 bits per heavy atom. The minimum absolute atomic E-state index is 0.0442. The van der Waals surface area contributed by atoms with Gasteiger partial charge < -0.3 is 19.3 Å². The van der Waals surface area contributed by atoms with Crippen molar-refractivity contribution in [3.8, 4) is 11.8 Å². The first-order valence-corrected chi connectivity index (χ1v) is 11.7. The summed E-state index contributed by atoms with van der Waals surface area (Å²) in [6.45, 7) is 2.76. The van der Waals surface area contributed by atoms with Crippen molar-refractivity contribution in [2.45, 2.75) is 69.4 Å². The van der Waals surface area contributed by atoms with Gasteiger partial charge in [0.2, 0.25) is 0 Å². The predicted octanol–water partition coefficient (Wildman–Crippen LogP) is 5.49. The lowest BCUT2D eigenvalue weighted by molar-refractivity contribution is -0.194. The van der Waals surface area contributed by atoms with Crippen molar-refractivity contribution >= 4 is 0 Å². The maximum absolute atomic E-state index is 11.1. The molecule has 5 nitrogen and oxygen atoms in total. The fourth-order valence-corrected chi connectivity index (χ4v) is 5.44. The van der Waals surface area contributed by atoms with Gasteiger partial charge in [-0.25, -0.2) is 0 Å². The summed E-state index contributed by atoms with van der Waals surface area (Å²) in [4.78, 5) is 0. The minimum atomic E-state index is -0.596. The highest BCUT2D eigenvalue weighted by Gasteiger charge is 2.45. The Morgan fingerprint density at radius 2 is 1.94 bits per heavy atom. The highest BCUT2D eigenvalue weighted by molar-refractivity contribution is 5.46. The molecule has 2 fully saturated rings. The number of benzene rings is 2. The molecule has 1 spiro atoms. The molecule has 1 aliphatic carbocycles. The van der Waals surface area contributed by atoms with Crippen LogP contribution in [0.3, 0.4) is 0 Å². The summed E-state index contributed by atoms with van der Waals surface area (Å²) in [6, 6.07) is 18.0. The largest absolute Gasteiger partial charge is 0.495 e. The van der Waals surface area contributed by atoms with Crippen LogP contribution in [0, 0.1) is 17.2 Å². The lowest BCUT2D eigenvalue weighted by Crippen LogP contribution is -2.46. The number of aliphatic hydroxyl groups is 1. The quantitative estimate of drug-likeness (QED) is 0.650. The minimum Gasteiger partial charge on any atom is -0.495 e. The van der Waals surface area contributed by atoms with Crippen molar-refractivity contribution in [1.82, 2.24) is 0 Å². The first-order valence-electron chi connectivity index (χ1n) is 11.7. The standard InChI is InChI=1S/C27H33NO4/c1-3-31-23-16-25(19-7-5-4-6-8-19)32-27(17-23)13-11-20(12-14-27)26(29)21-9-10-24(30-2)22(15-21)18-28/h4-10,15,20,23,25-26,29H,3,11-14,16-17H2,1-2H3. The summed E-state index contributed by atoms with van der Waals surface area (Å²) < 4.78 is 18.1. The van der Waals surface area contributed by atoms with Crippen LogP contribution in [0.25, 0.3) is 0 Å². The third kappa shape index (κ3) is 4.83. The van der Waals surface area contributed by atoms with E-state index in [1.807, 2.05) is 12.1 Å². The first kappa shape index (κ1) is 22.8. The number of hydrogen-bond acceptors (Lipinski definition) is 5. The van der Waals surface area contributed by atoms with Gasteiger partial charge in [0.05, 0.1) is 36.6 Å². The van der Waals surface area contributed by atoms with E-state index in [-0.39, 0.29) is 23.7 Å². The van der Waals surface area contributed by atoms with Gasteiger partial charge in [-0.05, 0) is 61.8 Å². The maximum atomic E-state index is 11.1. The van der Waals surface area contributed by atoms with Crippen LogP contribution in [0.5, 0.6) is 5.75 Å². The summed E-state index contributed by atoms with van der Waals surface area (Å²) in [5.41, 5.74) is 2.24. The molecule has 3 unspecified atom stereocenters. The van der Waals surface area contributed by atoms with E-state index in [2.05, 4.69) is 37.3 Å². The van der Waals surface area contributed by atoms with Crippen LogP contribution in [0.15, 0.2) is 48.5 Å². The van der Waals surface area contributed by atoms with Crippen LogP contribution in [0.2, 0.25) is 0 Å². The van der Waals surface area contributed by atoms with Gasteiger partial charge in [-0.15, -0.1) is 0 Å². The Morgan fingerprint density at radius 1 is 1.19 bits per heavy atom. The molecule has 1 aliphatic heterocycles. The van der Waals surface area contributed by atoms with E-state index in [1.54, 1.807) is 19.2 Å². The van der Waals surface area contributed by atoms with Gasteiger partial charge in [0.1, 0.15) is 11.8 Å². The number of rotatable bonds is 6. The third-order valence-electron chi connectivity index (χ3n) is 7.12. The summed E-state index contributed by atoms with van der Waals surface area (Å²) >= 11 is 0. The average Bonchev–Trinajstić information content (AvgIpc) is 2.84. The fraction of sp³-hybridized carbons (Fsp3) is 0.519. The van der Waals surface area contributed by atoms with Crippen LogP contribution in [-0.4, -0.2) is 30.5 Å². The molecule has 2 aliphatic rings. The Balaban J connectivity index is 1.46. The summed E-state index contributed by atoms with van der Waals surface area (Å²) in [7, 11) is 1.55. The van der Waals surface area contributed by atoms with Crippen LogP contribution in [0.4, 0.5) is 0 Å². The van der Waals surface area contributed by atoms with Gasteiger partial charge in [0, 0.05) is 19.4 Å². The van der Waals surface area contributed by atoms with E-state index in [9.17, 15) is 10.4 Å². The van der Waals surface area contributed by atoms with Crippen molar-refractivity contribution in [3.63, 3.8) is 0 Å². The van der Waals surface area contributed by atoms with Gasteiger partial charge in [0.25, 0.3) is 0 Å². The fourth-order valence-electron chi connectivity index (χ4n) is 5.44. The third-order valence-corrected chi connectivity index (χ3v) is 7.12. The van der Waals surface area contributed by atoms with Crippen molar-refractivity contribution < 1.29 is 19.3 Å². The molecular weight excluding hydrogens is 402 g/mol. The topological polar surface area (TPSA) is 71.7 Å². The van der Waals surface area contributed by atoms with Crippen molar-refractivity contribution in [3.05, 3.63) is 65.2 Å². The molecule has 1 saturated carbocycles. The van der Waals surface area contributed by atoms with Gasteiger partial charge in [-0.2, -0.15) is 5.26 Å². The number of nitriles is 1. The van der Waals surface area contributed by atoms with E-state index >= 15 is 0 Å². The number of ether oxygens (including phenoxy) is 3. The van der Waals surface area contributed by atoms with Crippen molar-refractivity contribution in [2.24, 2.45) is 5.92 Å². The molecule has 3 atom stereocenters. The molecule has 5 heteroatoms. The second-order valence-corrected chi connectivity index (χ2v) is 9.07. The molecule has 1 saturated heterocycles. The summed E-state index contributed by atoms with van der Waals surface area (Å²) in [6.07, 6.45) is 5.02. The maximum Gasteiger partial charge on any atom is 0.136 e. The van der Waals surface area contributed by atoms with E-state index in [0.717, 1.165) is 44.1 Å². The normalized spacial score (nSPS) is 28.8. The zero-order chi connectivity index (χ0) is 22.6. The molecule has 0 amide bonds. The number of aliphatic hydroxyl groups excluding tert-OH is 1. The average molecular weight is 436 g/mol. The highest BCUT2D eigenvalue weighted by atomic mass is 16.5. The lowest BCUT2D eigenvalue weighted by atomic mass is 9.71. The lowest BCUT2D eigenvalue weighted by Gasteiger charge is -2.48. The Hall–Kier alpha value is -2.39. The molecule has 2 aromatic carbocycles. The van der Waals surface area contributed by atoms with Gasteiger partial charge in [-0.3, -0.25) is 0 Å². The Labute approximate surface area is 190 Å². The van der Waals surface area contributed by atoms with Crippen molar-refractivity contribution in [2.75, 3.05) is 13.7 Å². The summed E-state index contributed by atoms with van der Waals surface area (Å²) in [5, 5.41) is 20.4. The van der Waals surface area contributed by atoms with E-state index in [4.69, 9.17) is 14.2 Å². The second-order valence-electron chi connectivity index (χ2n) is 9.07. The smallest absolute Gasteiger partial charge is 0.136 e. The number of hydrogen-bond donors (Lipinski definition) is 1. The molecule has 1 heterocycles. The van der Waals surface area contributed by atoms with E-state index < -0.39 is 6.10 Å². The van der Waals surface area contributed by atoms with Crippen LogP contribution >= 0.6 is 0 Å². The van der Waals surface area contributed by atoms with E-state index in [0.29, 0.717) is 17.9 Å². The van der Waals surface area contributed by atoms with Crippen LogP contribution in [-0.2, 0) is 9.47 Å². The number of methoxy groups -OCH3 is 1. The molecule has 170 valence electrons. The second kappa shape index (κ2) is 10.0. The molecule has 0 aromatic heterocycles. The van der Waals surface area contributed by atoms with Crippen LogP contribution in [0.1, 0.15) is 74.3 Å². The predicted molar refractivity (Wildman–Crippen MR) is 122 cm³/mol. The monoisotopic (exact) mass is 435 g/mol. The molecular formula is C27H33NO4.